The van der Waals surface area contributed by atoms with E-state index < -0.39 is 6.61 Å². The second-order valence-corrected chi connectivity index (χ2v) is 5.72. The predicted molar refractivity (Wildman–Crippen MR) is 88.8 cm³/mol. The van der Waals surface area contributed by atoms with E-state index in [0.717, 1.165) is 18.8 Å². The quantitative estimate of drug-likeness (QED) is 0.861. The van der Waals surface area contributed by atoms with Crippen LogP contribution in [0.15, 0.2) is 42.6 Å². The Balaban J connectivity index is 1.65. The zero-order valence-corrected chi connectivity index (χ0v) is 13.4. The Bertz CT molecular complexity index is 687. The second-order valence-electron chi connectivity index (χ2n) is 5.33. The normalized spacial score (nSPS) is 17.0. The van der Waals surface area contributed by atoms with Gasteiger partial charge >= 0.3 is 6.61 Å². The van der Waals surface area contributed by atoms with Crippen LogP contribution in [0.4, 0.5) is 14.5 Å². The standard InChI is InChI=1S/C16H17F2N3OS/c1-11-14-3-2-8-20(14)9-10-21(11)16(23)19-12-4-6-13(7-5-12)22-15(17)18/h2-8,11,15H,9-10H2,1H3,(H,19,23)/t11-/m1/s1. The molecule has 4 nitrogen and oxygen atoms in total. The number of rotatable bonds is 3. The molecule has 0 radical (unpaired) electrons. The first-order valence-electron chi connectivity index (χ1n) is 7.32. The fourth-order valence-corrected chi connectivity index (χ4v) is 3.14. The molecule has 1 aliphatic heterocycles. The summed E-state index contributed by atoms with van der Waals surface area (Å²) in [6.07, 6.45) is 2.07. The first-order chi connectivity index (χ1) is 11.0. The lowest BCUT2D eigenvalue weighted by Crippen LogP contribution is -2.42. The lowest BCUT2D eigenvalue weighted by molar-refractivity contribution is -0.0498. The number of nitrogens with zero attached hydrogens (tertiary/aromatic N) is 2. The molecule has 1 N–H and O–H groups in total. The molecule has 0 spiro atoms. The molecule has 122 valence electrons. The van der Waals surface area contributed by atoms with Crippen LogP contribution < -0.4 is 10.1 Å². The van der Waals surface area contributed by atoms with Gasteiger partial charge in [0.1, 0.15) is 5.75 Å². The molecule has 0 fully saturated rings. The summed E-state index contributed by atoms with van der Waals surface area (Å²) in [5.74, 6) is 0.126. The summed E-state index contributed by atoms with van der Waals surface area (Å²) < 4.78 is 30.8. The Morgan fingerprint density at radius 1 is 1.26 bits per heavy atom. The summed E-state index contributed by atoms with van der Waals surface area (Å²) in [6.45, 7) is 0.996. The Morgan fingerprint density at radius 2 is 2.00 bits per heavy atom. The van der Waals surface area contributed by atoms with Crippen molar-refractivity contribution in [2.24, 2.45) is 0 Å². The van der Waals surface area contributed by atoms with Gasteiger partial charge in [0.15, 0.2) is 5.11 Å². The molecule has 1 aromatic carbocycles. The first kappa shape index (κ1) is 15.7. The molecule has 1 atom stereocenters. The van der Waals surface area contributed by atoms with Crippen LogP contribution in [0.25, 0.3) is 0 Å². The van der Waals surface area contributed by atoms with Crippen LogP contribution in [0, 0.1) is 0 Å². The van der Waals surface area contributed by atoms with E-state index in [4.69, 9.17) is 12.2 Å². The van der Waals surface area contributed by atoms with Crippen LogP contribution in [0.5, 0.6) is 5.75 Å². The van der Waals surface area contributed by atoms with Gasteiger partial charge in [-0.05, 0) is 55.5 Å². The fourth-order valence-electron chi connectivity index (χ4n) is 2.77. The maximum Gasteiger partial charge on any atom is 0.387 e. The molecule has 0 unspecified atom stereocenters. The molecule has 0 saturated carbocycles. The van der Waals surface area contributed by atoms with Crippen molar-refractivity contribution in [2.75, 3.05) is 11.9 Å². The number of nitrogens with one attached hydrogen (secondary N) is 1. The molecule has 1 aliphatic rings. The number of fused-ring (bicyclic) bond motifs is 1. The zero-order valence-electron chi connectivity index (χ0n) is 12.6. The van der Waals surface area contributed by atoms with Gasteiger partial charge in [-0.2, -0.15) is 8.78 Å². The van der Waals surface area contributed by atoms with Gasteiger partial charge in [0, 0.05) is 30.7 Å². The summed E-state index contributed by atoms with van der Waals surface area (Å²) in [6, 6.07) is 10.6. The summed E-state index contributed by atoms with van der Waals surface area (Å²) in [4.78, 5) is 2.12. The van der Waals surface area contributed by atoms with Crippen molar-refractivity contribution >= 4 is 23.0 Å². The number of alkyl halides is 2. The summed E-state index contributed by atoms with van der Waals surface area (Å²) in [5.41, 5.74) is 1.96. The zero-order chi connectivity index (χ0) is 16.4. The number of hydrogen-bond acceptors (Lipinski definition) is 2. The number of hydrogen-bond donors (Lipinski definition) is 1. The molecular weight excluding hydrogens is 320 g/mol. The number of benzene rings is 1. The number of anilines is 1. The third-order valence-corrected chi connectivity index (χ3v) is 4.27. The first-order valence-corrected chi connectivity index (χ1v) is 7.73. The summed E-state index contributed by atoms with van der Waals surface area (Å²) in [7, 11) is 0. The van der Waals surface area contributed by atoms with E-state index >= 15 is 0 Å². The molecule has 23 heavy (non-hydrogen) atoms. The molecule has 7 heteroatoms. The van der Waals surface area contributed by atoms with E-state index in [9.17, 15) is 8.78 Å². The Kier molecular flexibility index (Phi) is 4.47. The van der Waals surface area contributed by atoms with Crippen molar-refractivity contribution in [3.63, 3.8) is 0 Å². The minimum absolute atomic E-state index is 0.126. The highest BCUT2D eigenvalue weighted by Gasteiger charge is 2.25. The number of thiocarbonyl (C=S) groups is 1. The maximum atomic E-state index is 12.1. The van der Waals surface area contributed by atoms with E-state index in [1.165, 1.54) is 17.8 Å². The molecule has 0 bridgehead atoms. The van der Waals surface area contributed by atoms with Crippen molar-refractivity contribution in [3.05, 3.63) is 48.3 Å². The molecule has 1 aromatic heterocycles. The monoisotopic (exact) mass is 337 g/mol. The maximum absolute atomic E-state index is 12.1. The Morgan fingerprint density at radius 3 is 2.70 bits per heavy atom. The topological polar surface area (TPSA) is 29.4 Å². The predicted octanol–water partition coefficient (Wildman–Crippen LogP) is 3.86. The van der Waals surface area contributed by atoms with Crippen molar-refractivity contribution in [2.45, 2.75) is 26.1 Å². The average Bonchev–Trinajstić information content (AvgIpc) is 2.98. The average molecular weight is 337 g/mol. The Hall–Kier alpha value is -2.15. The highest BCUT2D eigenvalue weighted by molar-refractivity contribution is 7.80. The van der Waals surface area contributed by atoms with Gasteiger partial charge in [-0.3, -0.25) is 0 Å². The molecule has 0 aliphatic carbocycles. The number of ether oxygens (including phenoxy) is 1. The molecule has 0 saturated heterocycles. The third-order valence-electron chi connectivity index (χ3n) is 3.93. The van der Waals surface area contributed by atoms with E-state index in [1.54, 1.807) is 12.1 Å². The molecular formula is C16H17F2N3OS. The van der Waals surface area contributed by atoms with Gasteiger partial charge in [-0.15, -0.1) is 0 Å². The van der Waals surface area contributed by atoms with Crippen LogP contribution in [-0.4, -0.2) is 27.7 Å². The SMILES string of the molecule is C[C@@H]1c2cccn2CCN1C(=S)Nc1ccc(OC(F)F)cc1. The minimum Gasteiger partial charge on any atom is -0.435 e. The largest absolute Gasteiger partial charge is 0.435 e. The fraction of sp³-hybridized carbons (Fsp3) is 0.312. The second kappa shape index (κ2) is 6.54. The molecule has 2 heterocycles. The van der Waals surface area contributed by atoms with Gasteiger partial charge < -0.3 is 19.5 Å². The van der Waals surface area contributed by atoms with Crippen molar-refractivity contribution in [1.29, 1.82) is 0 Å². The van der Waals surface area contributed by atoms with Gasteiger partial charge in [-0.1, -0.05) is 0 Å². The highest BCUT2D eigenvalue weighted by Crippen LogP contribution is 2.26. The van der Waals surface area contributed by atoms with Crippen LogP contribution in [0.3, 0.4) is 0 Å². The lowest BCUT2D eigenvalue weighted by atomic mass is 10.1. The van der Waals surface area contributed by atoms with Gasteiger partial charge in [-0.25, -0.2) is 0 Å². The van der Waals surface area contributed by atoms with E-state index in [0.29, 0.717) is 5.11 Å². The van der Waals surface area contributed by atoms with Crippen molar-refractivity contribution in [3.8, 4) is 5.75 Å². The Labute approximate surface area is 138 Å². The summed E-state index contributed by atoms with van der Waals surface area (Å²) in [5, 5.41) is 3.77. The molecule has 0 amide bonds. The molecule has 2 aromatic rings. The summed E-state index contributed by atoms with van der Waals surface area (Å²) >= 11 is 5.49. The van der Waals surface area contributed by atoms with Gasteiger partial charge in [0.2, 0.25) is 0 Å². The number of aromatic nitrogens is 1. The molecule has 3 rings (SSSR count). The van der Waals surface area contributed by atoms with E-state index in [2.05, 4.69) is 38.7 Å². The van der Waals surface area contributed by atoms with Crippen molar-refractivity contribution < 1.29 is 13.5 Å². The van der Waals surface area contributed by atoms with Gasteiger partial charge in [0.05, 0.1) is 6.04 Å². The highest BCUT2D eigenvalue weighted by atomic mass is 32.1. The van der Waals surface area contributed by atoms with Crippen LogP contribution in [0.1, 0.15) is 18.7 Å². The smallest absolute Gasteiger partial charge is 0.387 e. The lowest BCUT2D eigenvalue weighted by Gasteiger charge is -2.36. The van der Waals surface area contributed by atoms with E-state index in [1.807, 2.05) is 6.07 Å². The van der Waals surface area contributed by atoms with Crippen LogP contribution in [-0.2, 0) is 6.54 Å². The van der Waals surface area contributed by atoms with Crippen LogP contribution in [0.2, 0.25) is 0 Å². The number of halogens is 2. The van der Waals surface area contributed by atoms with Crippen LogP contribution >= 0.6 is 12.2 Å². The third kappa shape index (κ3) is 3.44. The van der Waals surface area contributed by atoms with Crippen molar-refractivity contribution in [1.82, 2.24) is 9.47 Å². The minimum atomic E-state index is -2.82. The van der Waals surface area contributed by atoms with Gasteiger partial charge in [0.25, 0.3) is 0 Å². The van der Waals surface area contributed by atoms with E-state index in [-0.39, 0.29) is 11.8 Å².